The Hall–Kier alpha value is -2.26. The second-order valence-electron chi connectivity index (χ2n) is 4.26. The van der Waals surface area contributed by atoms with E-state index in [1.165, 1.54) is 12.3 Å². The van der Waals surface area contributed by atoms with Crippen LogP contribution in [0.2, 0.25) is 0 Å². The topological polar surface area (TPSA) is 70.0 Å². The van der Waals surface area contributed by atoms with E-state index in [0.29, 0.717) is 0 Å². The molecule has 2 aromatic rings. The van der Waals surface area contributed by atoms with Crippen LogP contribution in [-0.4, -0.2) is 16.7 Å². The van der Waals surface area contributed by atoms with Crippen LogP contribution >= 0.6 is 0 Å². The summed E-state index contributed by atoms with van der Waals surface area (Å²) in [5, 5.41) is 18.4. The summed E-state index contributed by atoms with van der Waals surface area (Å²) in [5.41, 5.74) is -0.218. The standard InChI is InChI=1S/C14H12F2N2O2/c15-11-2-1-3-12(16)14(11)9(4-5-19)10(6-17)13-7-18-8-20-13/h1-3,7-10,19H,4-5H2/t9-,10-/m1/s1. The number of aliphatic hydroxyl groups excluding tert-OH is 1. The molecule has 0 radical (unpaired) electrons. The fourth-order valence-electron chi connectivity index (χ4n) is 2.21. The molecule has 0 aliphatic carbocycles. The quantitative estimate of drug-likeness (QED) is 0.912. The number of benzene rings is 1. The molecule has 20 heavy (non-hydrogen) atoms. The van der Waals surface area contributed by atoms with E-state index < -0.39 is 23.5 Å². The zero-order valence-electron chi connectivity index (χ0n) is 10.5. The maximum absolute atomic E-state index is 13.9. The molecule has 6 heteroatoms. The molecule has 104 valence electrons. The average Bonchev–Trinajstić information content (AvgIpc) is 2.93. The number of hydrogen-bond donors (Lipinski definition) is 1. The molecule has 0 amide bonds. The van der Waals surface area contributed by atoms with Gasteiger partial charge in [0.2, 0.25) is 0 Å². The van der Waals surface area contributed by atoms with Crippen molar-refractivity contribution in [3.8, 4) is 6.07 Å². The van der Waals surface area contributed by atoms with Gasteiger partial charge in [0, 0.05) is 18.1 Å². The van der Waals surface area contributed by atoms with Crippen LogP contribution < -0.4 is 0 Å². The molecule has 0 aliphatic heterocycles. The summed E-state index contributed by atoms with van der Waals surface area (Å²) in [5.74, 6) is -3.05. The van der Waals surface area contributed by atoms with Crippen molar-refractivity contribution in [2.24, 2.45) is 0 Å². The van der Waals surface area contributed by atoms with Gasteiger partial charge in [-0.1, -0.05) is 6.07 Å². The minimum absolute atomic E-state index is 0.0385. The summed E-state index contributed by atoms with van der Waals surface area (Å²) in [6, 6.07) is 5.46. The molecule has 0 fully saturated rings. The van der Waals surface area contributed by atoms with Crippen molar-refractivity contribution < 1.29 is 18.3 Å². The predicted octanol–water partition coefficient (Wildman–Crippen LogP) is 2.73. The van der Waals surface area contributed by atoms with E-state index in [4.69, 9.17) is 9.52 Å². The summed E-state index contributed by atoms with van der Waals surface area (Å²) in [6.07, 6.45) is 2.52. The lowest BCUT2D eigenvalue weighted by Crippen LogP contribution is -2.14. The third-order valence-electron chi connectivity index (χ3n) is 3.11. The Bertz CT molecular complexity index is 588. The third-order valence-corrected chi connectivity index (χ3v) is 3.11. The molecule has 0 spiro atoms. The van der Waals surface area contributed by atoms with Crippen LogP contribution in [0.3, 0.4) is 0 Å². The molecule has 1 aromatic heterocycles. The van der Waals surface area contributed by atoms with Crippen LogP contribution in [-0.2, 0) is 0 Å². The minimum atomic E-state index is -0.920. The number of aromatic nitrogens is 1. The fraction of sp³-hybridized carbons (Fsp3) is 0.286. The number of nitriles is 1. The van der Waals surface area contributed by atoms with Crippen LogP contribution in [0.25, 0.3) is 0 Å². The normalized spacial score (nSPS) is 13.7. The molecule has 1 heterocycles. The highest BCUT2D eigenvalue weighted by atomic mass is 19.1. The van der Waals surface area contributed by atoms with Gasteiger partial charge in [-0.3, -0.25) is 0 Å². The summed E-state index contributed by atoms with van der Waals surface area (Å²) >= 11 is 0. The first kappa shape index (κ1) is 14.2. The first-order valence-electron chi connectivity index (χ1n) is 6.01. The molecule has 0 saturated carbocycles. The van der Waals surface area contributed by atoms with Crippen molar-refractivity contribution in [3.05, 3.63) is 53.7 Å². The molecule has 4 nitrogen and oxygen atoms in total. The van der Waals surface area contributed by atoms with Gasteiger partial charge in [0.1, 0.15) is 23.3 Å². The van der Waals surface area contributed by atoms with Gasteiger partial charge in [0.15, 0.2) is 6.39 Å². The van der Waals surface area contributed by atoms with Gasteiger partial charge in [0.25, 0.3) is 0 Å². The lowest BCUT2D eigenvalue weighted by Gasteiger charge is -2.21. The Morgan fingerprint density at radius 1 is 1.35 bits per heavy atom. The third kappa shape index (κ3) is 2.68. The van der Waals surface area contributed by atoms with E-state index in [-0.39, 0.29) is 24.4 Å². The minimum Gasteiger partial charge on any atom is -0.447 e. The summed E-state index contributed by atoms with van der Waals surface area (Å²) in [6.45, 7) is -0.301. The maximum atomic E-state index is 13.9. The number of hydrogen-bond acceptors (Lipinski definition) is 4. The Labute approximate surface area is 114 Å². The van der Waals surface area contributed by atoms with E-state index in [9.17, 15) is 14.0 Å². The number of aliphatic hydroxyl groups is 1. The number of rotatable bonds is 5. The molecular formula is C14H12F2N2O2. The van der Waals surface area contributed by atoms with E-state index in [1.54, 1.807) is 0 Å². The van der Waals surface area contributed by atoms with E-state index in [2.05, 4.69) is 4.98 Å². The van der Waals surface area contributed by atoms with Crippen molar-refractivity contribution in [1.82, 2.24) is 4.98 Å². The van der Waals surface area contributed by atoms with Crippen LogP contribution in [0.15, 0.2) is 35.2 Å². The number of oxazole rings is 1. The van der Waals surface area contributed by atoms with Crippen LogP contribution in [0.5, 0.6) is 0 Å². The monoisotopic (exact) mass is 278 g/mol. The molecule has 2 rings (SSSR count). The lowest BCUT2D eigenvalue weighted by molar-refractivity contribution is 0.265. The lowest BCUT2D eigenvalue weighted by atomic mass is 9.82. The predicted molar refractivity (Wildman–Crippen MR) is 65.7 cm³/mol. The molecule has 0 aliphatic rings. The second-order valence-corrected chi connectivity index (χ2v) is 4.26. The highest BCUT2D eigenvalue weighted by Gasteiger charge is 2.31. The Morgan fingerprint density at radius 3 is 2.55 bits per heavy atom. The molecule has 0 bridgehead atoms. The smallest absolute Gasteiger partial charge is 0.180 e. The van der Waals surface area contributed by atoms with Gasteiger partial charge in [-0.05, 0) is 18.6 Å². The Kier molecular flexibility index (Phi) is 4.43. The number of nitrogens with zero attached hydrogens (tertiary/aromatic N) is 2. The molecule has 1 N–H and O–H groups in total. The highest BCUT2D eigenvalue weighted by molar-refractivity contribution is 5.30. The molecule has 1 aromatic carbocycles. The number of halogens is 2. The van der Waals surface area contributed by atoms with Crippen molar-refractivity contribution in [3.63, 3.8) is 0 Å². The highest BCUT2D eigenvalue weighted by Crippen LogP contribution is 2.37. The first-order valence-corrected chi connectivity index (χ1v) is 6.01. The Balaban J connectivity index is 2.48. The molecule has 0 unspecified atom stereocenters. The van der Waals surface area contributed by atoms with E-state index in [0.717, 1.165) is 18.5 Å². The van der Waals surface area contributed by atoms with Gasteiger partial charge < -0.3 is 9.52 Å². The maximum Gasteiger partial charge on any atom is 0.180 e. The van der Waals surface area contributed by atoms with E-state index >= 15 is 0 Å². The second kappa shape index (κ2) is 6.26. The van der Waals surface area contributed by atoms with Crippen molar-refractivity contribution >= 4 is 0 Å². The first-order chi connectivity index (χ1) is 9.69. The van der Waals surface area contributed by atoms with Crippen LogP contribution in [0.1, 0.15) is 29.6 Å². The van der Waals surface area contributed by atoms with Gasteiger partial charge >= 0.3 is 0 Å². The fourth-order valence-corrected chi connectivity index (χ4v) is 2.21. The van der Waals surface area contributed by atoms with Gasteiger partial charge in [0.05, 0.1) is 12.3 Å². The SMILES string of the molecule is N#C[C@@H](c1cnco1)[C@@H](CCO)c1c(F)cccc1F. The molecular weight excluding hydrogens is 266 g/mol. The average molecular weight is 278 g/mol. The van der Waals surface area contributed by atoms with Crippen molar-refractivity contribution in [2.75, 3.05) is 6.61 Å². The van der Waals surface area contributed by atoms with Crippen molar-refractivity contribution in [2.45, 2.75) is 18.3 Å². The van der Waals surface area contributed by atoms with E-state index in [1.807, 2.05) is 6.07 Å². The summed E-state index contributed by atoms with van der Waals surface area (Å²) < 4.78 is 32.8. The van der Waals surface area contributed by atoms with Crippen LogP contribution in [0.4, 0.5) is 8.78 Å². The summed E-state index contributed by atoms with van der Waals surface area (Å²) in [4.78, 5) is 3.70. The summed E-state index contributed by atoms with van der Waals surface area (Å²) in [7, 11) is 0. The van der Waals surface area contributed by atoms with Crippen LogP contribution in [0, 0.1) is 23.0 Å². The zero-order valence-corrected chi connectivity index (χ0v) is 10.5. The zero-order chi connectivity index (χ0) is 14.5. The molecule has 2 atom stereocenters. The van der Waals surface area contributed by atoms with Gasteiger partial charge in [-0.2, -0.15) is 5.26 Å². The van der Waals surface area contributed by atoms with Gasteiger partial charge in [-0.25, -0.2) is 13.8 Å². The van der Waals surface area contributed by atoms with Gasteiger partial charge in [-0.15, -0.1) is 0 Å². The molecule has 0 saturated heterocycles. The largest absolute Gasteiger partial charge is 0.447 e. The Morgan fingerprint density at radius 2 is 2.05 bits per heavy atom. The van der Waals surface area contributed by atoms with Crippen molar-refractivity contribution in [1.29, 1.82) is 5.26 Å².